The van der Waals surface area contributed by atoms with Gasteiger partial charge in [-0.3, -0.25) is 0 Å². The van der Waals surface area contributed by atoms with Crippen molar-refractivity contribution in [2.24, 2.45) is 0 Å². The monoisotopic (exact) mass is 276 g/mol. The highest BCUT2D eigenvalue weighted by molar-refractivity contribution is 5.89. The van der Waals surface area contributed by atoms with Gasteiger partial charge in [-0.25, -0.2) is 4.79 Å². The Morgan fingerprint density at radius 3 is 2.55 bits per heavy atom. The van der Waals surface area contributed by atoms with Crippen LogP contribution >= 0.6 is 0 Å². The van der Waals surface area contributed by atoms with E-state index in [1.807, 2.05) is 6.07 Å². The number of methoxy groups -OCH3 is 2. The van der Waals surface area contributed by atoms with E-state index >= 15 is 0 Å². The average molecular weight is 276 g/mol. The molecular formula is C15H16O5. The maximum Gasteiger partial charge on any atom is 0.339 e. The molecule has 0 N–H and O–H groups in total. The smallest absolute Gasteiger partial charge is 0.339 e. The van der Waals surface area contributed by atoms with E-state index in [0.29, 0.717) is 29.1 Å². The molecule has 0 saturated carbocycles. The highest BCUT2D eigenvalue weighted by Gasteiger charge is 2.27. The zero-order valence-electron chi connectivity index (χ0n) is 11.7. The first-order chi connectivity index (χ1) is 9.63. The molecular weight excluding hydrogens is 260 g/mol. The van der Waals surface area contributed by atoms with Gasteiger partial charge in [0.15, 0.2) is 0 Å². The lowest BCUT2D eigenvalue weighted by Gasteiger charge is -2.13. The van der Waals surface area contributed by atoms with Crippen LogP contribution in [0.2, 0.25) is 0 Å². The Hall–Kier alpha value is -2.01. The van der Waals surface area contributed by atoms with Gasteiger partial charge in [0, 0.05) is 23.6 Å². The van der Waals surface area contributed by atoms with Crippen molar-refractivity contribution in [1.82, 2.24) is 0 Å². The summed E-state index contributed by atoms with van der Waals surface area (Å²) in [6.45, 7) is 2.45. The van der Waals surface area contributed by atoms with Gasteiger partial charge in [0.25, 0.3) is 0 Å². The molecule has 5 heteroatoms. The molecule has 106 valence electrons. The Morgan fingerprint density at radius 2 is 1.95 bits per heavy atom. The fourth-order valence-corrected chi connectivity index (χ4v) is 2.33. The highest BCUT2D eigenvalue weighted by Crippen LogP contribution is 2.37. The molecule has 2 aromatic rings. The Morgan fingerprint density at radius 1 is 1.25 bits per heavy atom. The van der Waals surface area contributed by atoms with Gasteiger partial charge in [0.1, 0.15) is 17.1 Å². The maximum atomic E-state index is 11.8. The first-order valence-corrected chi connectivity index (χ1v) is 6.44. The third-order valence-electron chi connectivity index (χ3n) is 3.50. The van der Waals surface area contributed by atoms with Crippen LogP contribution in [-0.4, -0.2) is 26.9 Å². The minimum atomic E-state index is -0.342. The van der Waals surface area contributed by atoms with Crippen molar-refractivity contribution >= 4 is 11.0 Å². The molecule has 20 heavy (non-hydrogen) atoms. The Balaban J connectivity index is 2.32. The average Bonchev–Trinajstić information content (AvgIpc) is 3.25. The Kier molecular flexibility index (Phi) is 3.14. The van der Waals surface area contributed by atoms with Crippen molar-refractivity contribution in [3.63, 3.8) is 0 Å². The van der Waals surface area contributed by atoms with Crippen LogP contribution in [0.25, 0.3) is 11.0 Å². The molecule has 1 aliphatic rings. The molecule has 2 heterocycles. The number of benzene rings is 1. The van der Waals surface area contributed by atoms with Gasteiger partial charge in [-0.05, 0) is 13.0 Å². The molecule has 0 radical (unpaired) electrons. The predicted molar refractivity (Wildman–Crippen MR) is 73.8 cm³/mol. The van der Waals surface area contributed by atoms with Crippen molar-refractivity contribution < 1.29 is 18.6 Å². The summed E-state index contributed by atoms with van der Waals surface area (Å²) in [5.41, 5.74) is 1.58. The molecule has 1 aromatic carbocycles. The van der Waals surface area contributed by atoms with Crippen molar-refractivity contribution in [2.45, 2.75) is 19.4 Å². The number of hydrogen-bond acceptors (Lipinski definition) is 5. The predicted octanol–water partition coefficient (Wildman–Crippen LogP) is 2.06. The van der Waals surface area contributed by atoms with Crippen molar-refractivity contribution in [1.29, 1.82) is 0 Å². The van der Waals surface area contributed by atoms with Gasteiger partial charge in [-0.1, -0.05) is 0 Å². The van der Waals surface area contributed by atoms with Gasteiger partial charge >= 0.3 is 5.63 Å². The first-order valence-electron chi connectivity index (χ1n) is 6.44. The van der Waals surface area contributed by atoms with E-state index in [4.69, 9.17) is 18.6 Å². The van der Waals surface area contributed by atoms with Crippen LogP contribution in [0.15, 0.2) is 21.3 Å². The summed E-state index contributed by atoms with van der Waals surface area (Å²) in [5, 5.41) is 0.779. The fourth-order valence-electron chi connectivity index (χ4n) is 2.33. The number of aryl methyl sites for hydroxylation is 1. The van der Waals surface area contributed by atoms with Gasteiger partial charge < -0.3 is 18.6 Å². The van der Waals surface area contributed by atoms with E-state index in [1.165, 1.54) is 0 Å². The number of fused-ring (bicyclic) bond motifs is 1. The van der Waals surface area contributed by atoms with Crippen LogP contribution in [0.4, 0.5) is 0 Å². The fraction of sp³-hybridized carbons (Fsp3) is 0.400. The van der Waals surface area contributed by atoms with Crippen LogP contribution in [0.5, 0.6) is 11.5 Å². The minimum Gasteiger partial charge on any atom is -0.496 e. The maximum absolute atomic E-state index is 11.8. The summed E-state index contributed by atoms with van der Waals surface area (Å²) < 4.78 is 21.5. The SMILES string of the molecule is COc1cc(OC)c2cc(C)c(=O)oc2c1CC1CO1. The summed E-state index contributed by atoms with van der Waals surface area (Å²) in [7, 11) is 3.17. The van der Waals surface area contributed by atoms with Crippen molar-refractivity contribution in [2.75, 3.05) is 20.8 Å². The molecule has 1 aliphatic heterocycles. The lowest BCUT2D eigenvalue weighted by Crippen LogP contribution is -2.06. The second-order valence-corrected chi connectivity index (χ2v) is 4.88. The van der Waals surface area contributed by atoms with Crippen LogP contribution in [0.3, 0.4) is 0 Å². The molecule has 0 aliphatic carbocycles. The minimum absolute atomic E-state index is 0.173. The zero-order chi connectivity index (χ0) is 14.3. The third-order valence-corrected chi connectivity index (χ3v) is 3.50. The normalized spacial score (nSPS) is 17.2. The lowest BCUT2D eigenvalue weighted by atomic mass is 10.0. The van der Waals surface area contributed by atoms with E-state index < -0.39 is 0 Å². The standard InChI is InChI=1S/C15H16O5/c1-8-4-10-12(17-2)6-13(18-3)11(5-9-7-19-9)14(10)20-15(8)16/h4,6,9H,5,7H2,1-3H3. The molecule has 5 nitrogen and oxygen atoms in total. The van der Waals surface area contributed by atoms with E-state index in [0.717, 1.165) is 17.6 Å². The lowest BCUT2D eigenvalue weighted by molar-refractivity contribution is 0.381. The van der Waals surface area contributed by atoms with E-state index in [-0.39, 0.29) is 11.7 Å². The summed E-state index contributed by atoms with van der Waals surface area (Å²) >= 11 is 0. The second kappa shape index (κ2) is 4.83. The van der Waals surface area contributed by atoms with Crippen LogP contribution in [0.1, 0.15) is 11.1 Å². The van der Waals surface area contributed by atoms with E-state index in [1.54, 1.807) is 27.2 Å². The molecule has 0 bridgehead atoms. The molecule has 1 unspecified atom stereocenters. The topological polar surface area (TPSA) is 61.2 Å². The van der Waals surface area contributed by atoms with Gasteiger partial charge in [-0.2, -0.15) is 0 Å². The van der Waals surface area contributed by atoms with Gasteiger partial charge in [-0.15, -0.1) is 0 Å². The summed E-state index contributed by atoms with van der Waals surface area (Å²) in [5.74, 6) is 1.28. The van der Waals surface area contributed by atoms with Gasteiger partial charge in [0.2, 0.25) is 0 Å². The van der Waals surface area contributed by atoms with Gasteiger partial charge in [0.05, 0.1) is 32.3 Å². The summed E-state index contributed by atoms with van der Waals surface area (Å²) in [6.07, 6.45) is 0.836. The van der Waals surface area contributed by atoms with Crippen molar-refractivity contribution in [3.05, 3.63) is 33.7 Å². The van der Waals surface area contributed by atoms with E-state index in [9.17, 15) is 4.79 Å². The Bertz CT molecular complexity index is 712. The molecule has 0 spiro atoms. The third kappa shape index (κ3) is 2.14. The van der Waals surface area contributed by atoms with E-state index in [2.05, 4.69) is 0 Å². The molecule has 3 rings (SSSR count). The number of epoxide rings is 1. The van der Waals surface area contributed by atoms with Crippen molar-refractivity contribution in [3.8, 4) is 11.5 Å². The molecule has 0 amide bonds. The van der Waals surface area contributed by atoms with Crippen LogP contribution in [0, 0.1) is 6.92 Å². The Labute approximate surface area is 116 Å². The number of rotatable bonds is 4. The van der Waals surface area contributed by atoms with Crippen LogP contribution < -0.4 is 15.1 Å². The number of ether oxygens (including phenoxy) is 3. The summed E-state index contributed by atoms with van der Waals surface area (Å²) in [6, 6.07) is 3.61. The quantitative estimate of drug-likeness (QED) is 0.632. The largest absolute Gasteiger partial charge is 0.496 e. The summed E-state index contributed by atoms with van der Waals surface area (Å²) in [4.78, 5) is 11.8. The molecule has 1 aromatic heterocycles. The molecule has 1 fully saturated rings. The highest BCUT2D eigenvalue weighted by atomic mass is 16.6. The number of hydrogen-bond donors (Lipinski definition) is 0. The molecule has 1 atom stereocenters. The zero-order valence-corrected chi connectivity index (χ0v) is 11.7. The van der Waals surface area contributed by atoms with Crippen LogP contribution in [-0.2, 0) is 11.2 Å². The molecule has 1 saturated heterocycles. The first kappa shape index (κ1) is 13.0. The second-order valence-electron chi connectivity index (χ2n) is 4.88.